The average Bonchev–Trinajstić information content (AvgIpc) is 2.33. The second kappa shape index (κ2) is 5.09. The normalized spacial score (nSPS) is 10.1. The molecule has 2 aromatic rings. The molecule has 0 unspecified atom stereocenters. The summed E-state index contributed by atoms with van der Waals surface area (Å²) in [6, 6.07) is 3.96. The molecule has 0 atom stereocenters. The Bertz CT molecular complexity index is 605. The van der Waals surface area contributed by atoms with Crippen molar-refractivity contribution in [2.75, 3.05) is 0 Å². The zero-order valence-electron chi connectivity index (χ0n) is 9.02. The molecule has 0 saturated heterocycles. The van der Waals surface area contributed by atoms with E-state index in [2.05, 4.69) is 25.9 Å². The Morgan fingerprint density at radius 3 is 2.72 bits per heavy atom. The first-order valence-electron chi connectivity index (χ1n) is 4.86. The number of benzene rings is 1. The Hall–Kier alpha value is -2.02. The molecular formula is C11H8BrFN4O. The van der Waals surface area contributed by atoms with Gasteiger partial charge in [0.05, 0.1) is 4.47 Å². The molecule has 18 heavy (non-hydrogen) atoms. The van der Waals surface area contributed by atoms with Crippen molar-refractivity contribution in [1.82, 2.24) is 9.97 Å². The Kier molecular flexibility index (Phi) is 3.52. The molecule has 0 amide bonds. The summed E-state index contributed by atoms with van der Waals surface area (Å²) in [7, 11) is 0. The summed E-state index contributed by atoms with van der Waals surface area (Å²) in [6.45, 7) is 0. The first-order valence-corrected chi connectivity index (χ1v) is 5.65. The third kappa shape index (κ3) is 2.62. The smallest absolute Gasteiger partial charge is 0.249 e. The molecular weight excluding hydrogens is 303 g/mol. The van der Waals surface area contributed by atoms with Crippen LogP contribution in [0.1, 0.15) is 5.69 Å². The van der Waals surface area contributed by atoms with E-state index < -0.39 is 0 Å². The maximum atomic E-state index is 12.9. The summed E-state index contributed by atoms with van der Waals surface area (Å²) in [5.41, 5.74) is 5.49. The largest absolute Gasteiger partial charge is 0.436 e. The van der Waals surface area contributed by atoms with Crippen molar-refractivity contribution in [3.05, 3.63) is 46.6 Å². The van der Waals surface area contributed by atoms with Gasteiger partial charge in [0.2, 0.25) is 5.88 Å². The molecule has 2 rings (SSSR count). The molecule has 0 aliphatic carbocycles. The summed E-state index contributed by atoms with van der Waals surface area (Å²) in [5, 5.41) is 7.35. The molecule has 5 nitrogen and oxygen atoms in total. The molecule has 3 N–H and O–H groups in total. The van der Waals surface area contributed by atoms with Gasteiger partial charge in [0.15, 0.2) is 5.69 Å². The Morgan fingerprint density at radius 2 is 2.06 bits per heavy atom. The van der Waals surface area contributed by atoms with Crippen LogP contribution in [0.15, 0.2) is 35.1 Å². The fourth-order valence-electron chi connectivity index (χ4n) is 1.25. The zero-order chi connectivity index (χ0) is 13.1. The molecule has 1 aromatic carbocycles. The van der Waals surface area contributed by atoms with Crippen LogP contribution in [-0.4, -0.2) is 15.8 Å². The fraction of sp³-hybridized carbons (Fsp3) is 0. The highest BCUT2D eigenvalue weighted by molar-refractivity contribution is 9.10. The summed E-state index contributed by atoms with van der Waals surface area (Å²) < 4.78 is 18.8. The zero-order valence-corrected chi connectivity index (χ0v) is 10.6. The van der Waals surface area contributed by atoms with Crippen molar-refractivity contribution >= 4 is 21.8 Å². The Balaban J connectivity index is 2.37. The number of amidine groups is 1. The van der Waals surface area contributed by atoms with Gasteiger partial charge in [-0.05, 0) is 34.1 Å². The van der Waals surface area contributed by atoms with E-state index in [1.54, 1.807) is 0 Å². The van der Waals surface area contributed by atoms with Crippen molar-refractivity contribution in [1.29, 1.82) is 5.41 Å². The van der Waals surface area contributed by atoms with Gasteiger partial charge >= 0.3 is 0 Å². The first-order chi connectivity index (χ1) is 8.58. The minimum absolute atomic E-state index is 0.0947. The van der Waals surface area contributed by atoms with E-state index in [-0.39, 0.29) is 23.2 Å². The van der Waals surface area contributed by atoms with Gasteiger partial charge in [0, 0.05) is 12.4 Å². The van der Waals surface area contributed by atoms with E-state index in [1.807, 2.05) is 0 Å². The van der Waals surface area contributed by atoms with Crippen LogP contribution in [0.25, 0.3) is 0 Å². The predicted octanol–water partition coefficient (Wildman–Crippen LogP) is 2.45. The third-order valence-electron chi connectivity index (χ3n) is 2.02. The van der Waals surface area contributed by atoms with E-state index in [0.717, 1.165) is 0 Å². The van der Waals surface area contributed by atoms with Crippen LogP contribution >= 0.6 is 15.9 Å². The van der Waals surface area contributed by atoms with Gasteiger partial charge < -0.3 is 10.5 Å². The lowest BCUT2D eigenvalue weighted by Gasteiger charge is -2.09. The molecule has 0 aliphatic rings. The lowest BCUT2D eigenvalue weighted by atomic mass is 10.3. The first kappa shape index (κ1) is 12.4. The van der Waals surface area contributed by atoms with Gasteiger partial charge in [-0.2, -0.15) is 0 Å². The van der Waals surface area contributed by atoms with Crippen LogP contribution < -0.4 is 10.5 Å². The number of nitrogens with zero attached hydrogens (tertiary/aromatic N) is 2. The average molecular weight is 311 g/mol. The van der Waals surface area contributed by atoms with Crippen LogP contribution in [-0.2, 0) is 0 Å². The van der Waals surface area contributed by atoms with Crippen LogP contribution in [0, 0.1) is 11.2 Å². The number of ether oxygens (including phenoxy) is 1. The maximum absolute atomic E-state index is 12.9. The molecule has 0 saturated carbocycles. The van der Waals surface area contributed by atoms with Crippen molar-refractivity contribution in [2.45, 2.75) is 0 Å². The number of halogens is 2. The lowest BCUT2D eigenvalue weighted by Crippen LogP contribution is -2.15. The number of hydrogen-bond acceptors (Lipinski definition) is 4. The number of nitrogens with two attached hydrogens (primary N) is 1. The van der Waals surface area contributed by atoms with Gasteiger partial charge in [-0.15, -0.1) is 0 Å². The third-order valence-corrected chi connectivity index (χ3v) is 2.64. The Morgan fingerprint density at radius 1 is 1.33 bits per heavy atom. The van der Waals surface area contributed by atoms with Crippen LogP contribution in [0.2, 0.25) is 0 Å². The number of nitrogens with one attached hydrogen (secondary N) is 1. The van der Waals surface area contributed by atoms with Gasteiger partial charge in [0.25, 0.3) is 0 Å². The molecule has 1 heterocycles. The van der Waals surface area contributed by atoms with Gasteiger partial charge in [0.1, 0.15) is 17.4 Å². The monoisotopic (exact) mass is 310 g/mol. The van der Waals surface area contributed by atoms with Crippen LogP contribution in [0.5, 0.6) is 11.6 Å². The van der Waals surface area contributed by atoms with Crippen molar-refractivity contribution in [3.8, 4) is 11.6 Å². The fourth-order valence-corrected chi connectivity index (χ4v) is 1.68. The molecule has 0 bridgehead atoms. The number of nitrogen functional groups attached to an aromatic ring is 1. The molecule has 92 valence electrons. The molecule has 1 aromatic heterocycles. The Labute approximate surface area is 110 Å². The summed E-state index contributed by atoms with van der Waals surface area (Å²) >= 11 is 3.17. The molecule has 7 heteroatoms. The van der Waals surface area contributed by atoms with Crippen LogP contribution in [0.4, 0.5) is 4.39 Å². The lowest BCUT2D eigenvalue weighted by molar-refractivity contribution is 0.454. The minimum atomic E-state index is -0.389. The quantitative estimate of drug-likeness (QED) is 0.673. The second-order valence-electron chi connectivity index (χ2n) is 3.30. The van der Waals surface area contributed by atoms with Gasteiger partial charge in [-0.25, -0.2) is 14.4 Å². The molecule has 0 spiro atoms. The van der Waals surface area contributed by atoms with E-state index in [4.69, 9.17) is 15.9 Å². The summed E-state index contributed by atoms with van der Waals surface area (Å²) in [4.78, 5) is 7.83. The summed E-state index contributed by atoms with van der Waals surface area (Å²) in [6.07, 6.45) is 2.82. The SMILES string of the molecule is N=C(N)c1nccnc1Oc1ccc(F)cc1Br. The highest BCUT2D eigenvalue weighted by atomic mass is 79.9. The standard InChI is InChI=1S/C11H8BrFN4O/c12-7-5-6(13)1-2-8(7)18-11-9(10(14)15)16-3-4-17-11/h1-5H,(H3,14,15). The van der Waals surface area contributed by atoms with E-state index in [0.29, 0.717) is 10.2 Å². The van der Waals surface area contributed by atoms with Crippen LogP contribution in [0.3, 0.4) is 0 Å². The second-order valence-corrected chi connectivity index (χ2v) is 4.15. The number of hydrogen-bond donors (Lipinski definition) is 2. The van der Waals surface area contributed by atoms with E-state index in [1.165, 1.54) is 30.6 Å². The molecule has 0 aliphatic heterocycles. The van der Waals surface area contributed by atoms with E-state index in [9.17, 15) is 4.39 Å². The summed E-state index contributed by atoms with van der Waals surface area (Å²) in [5.74, 6) is -0.187. The number of aromatic nitrogens is 2. The maximum Gasteiger partial charge on any atom is 0.249 e. The highest BCUT2D eigenvalue weighted by Crippen LogP contribution is 2.30. The van der Waals surface area contributed by atoms with Crippen molar-refractivity contribution in [2.24, 2.45) is 5.73 Å². The van der Waals surface area contributed by atoms with E-state index >= 15 is 0 Å². The topological polar surface area (TPSA) is 84.9 Å². The molecule has 0 fully saturated rings. The van der Waals surface area contributed by atoms with Gasteiger partial charge in [-0.1, -0.05) is 0 Å². The minimum Gasteiger partial charge on any atom is -0.436 e. The number of rotatable bonds is 3. The van der Waals surface area contributed by atoms with Crippen molar-refractivity contribution in [3.63, 3.8) is 0 Å². The molecule has 0 radical (unpaired) electrons. The van der Waals surface area contributed by atoms with Crippen molar-refractivity contribution < 1.29 is 9.13 Å². The highest BCUT2D eigenvalue weighted by Gasteiger charge is 2.12. The van der Waals surface area contributed by atoms with Gasteiger partial charge in [-0.3, -0.25) is 5.41 Å². The predicted molar refractivity (Wildman–Crippen MR) is 67.2 cm³/mol.